The van der Waals surface area contributed by atoms with Gasteiger partial charge in [-0.15, -0.1) is 0 Å². The van der Waals surface area contributed by atoms with Crippen LogP contribution in [0.5, 0.6) is 0 Å². The van der Waals surface area contributed by atoms with Crippen molar-refractivity contribution < 1.29 is 14.7 Å². The van der Waals surface area contributed by atoms with Gasteiger partial charge >= 0.3 is 5.97 Å². The van der Waals surface area contributed by atoms with Crippen LogP contribution in [0.15, 0.2) is 42.7 Å². The van der Waals surface area contributed by atoms with Crippen molar-refractivity contribution in [2.45, 2.75) is 32.4 Å². The maximum atomic E-state index is 12.1. The number of rotatable bonds is 7. The molecule has 0 aliphatic carbocycles. The van der Waals surface area contributed by atoms with E-state index in [4.69, 9.17) is 5.11 Å². The van der Waals surface area contributed by atoms with Crippen molar-refractivity contribution in [2.24, 2.45) is 0 Å². The number of carbonyl (C=O) groups excluding carboxylic acids is 1. The van der Waals surface area contributed by atoms with Crippen LogP contribution in [0.1, 0.15) is 35.7 Å². The molecule has 0 saturated carbocycles. The van der Waals surface area contributed by atoms with Gasteiger partial charge in [0.05, 0.1) is 18.3 Å². The molecule has 0 radical (unpaired) electrons. The molecule has 2 rings (SSSR count). The first-order valence-electron chi connectivity index (χ1n) is 7.20. The predicted molar refractivity (Wildman–Crippen MR) is 81.6 cm³/mol. The Morgan fingerprint density at radius 3 is 2.68 bits per heavy atom. The van der Waals surface area contributed by atoms with E-state index in [0.717, 1.165) is 5.56 Å². The minimum absolute atomic E-state index is 0.360. The first-order chi connectivity index (χ1) is 10.6. The fraction of sp³-hybridized carbons (Fsp3) is 0.312. The number of benzene rings is 1. The molecule has 0 aliphatic heterocycles. The van der Waals surface area contributed by atoms with Gasteiger partial charge < -0.3 is 10.4 Å². The fourth-order valence-electron chi connectivity index (χ4n) is 2.13. The summed E-state index contributed by atoms with van der Waals surface area (Å²) in [6.45, 7) is 2.44. The first kappa shape index (κ1) is 15.8. The Balaban J connectivity index is 2.01. The van der Waals surface area contributed by atoms with Crippen molar-refractivity contribution in [2.75, 3.05) is 0 Å². The standard InChI is InChI=1S/C16H19N3O3/c1-2-6-14(16(21)22)18-15(20)13-9-17-19(11-13)10-12-7-4-3-5-8-12/h3-5,7-9,11,14H,2,6,10H2,1H3,(H,18,20)(H,21,22). The first-order valence-corrected chi connectivity index (χ1v) is 7.20. The van der Waals surface area contributed by atoms with Gasteiger partial charge in [0.2, 0.25) is 0 Å². The van der Waals surface area contributed by atoms with E-state index in [1.165, 1.54) is 6.20 Å². The zero-order valence-corrected chi connectivity index (χ0v) is 12.4. The van der Waals surface area contributed by atoms with E-state index in [1.54, 1.807) is 10.9 Å². The molecule has 6 heteroatoms. The molecule has 0 fully saturated rings. The molecule has 6 nitrogen and oxygen atoms in total. The zero-order valence-electron chi connectivity index (χ0n) is 12.4. The van der Waals surface area contributed by atoms with Crippen molar-refractivity contribution in [3.63, 3.8) is 0 Å². The SMILES string of the molecule is CCCC(NC(=O)c1cnn(Cc2ccccc2)c1)C(=O)O. The third-order valence-corrected chi connectivity index (χ3v) is 3.26. The van der Waals surface area contributed by atoms with Crippen LogP contribution in [0, 0.1) is 0 Å². The van der Waals surface area contributed by atoms with Gasteiger partial charge in [0, 0.05) is 6.20 Å². The fourth-order valence-corrected chi connectivity index (χ4v) is 2.13. The van der Waals surface area contributed by atoms with Crippen LogP contribution in [0.25, 0.3) is 0 Å². The van der Waals surface area contributed by atoms with E-state index >= 15 is 0 Å². The van der Waals surface area contributed by atoms with Crippen molar-refractivity contribution >= 4 is 11.9 Å². The Morgan fingerprint density at radius 1 is 1.32 bits per heavy atom. The van der Waals surface area contributed by atoms with Crippen LogP contribution in [0.4, 0.5) is 0 Å². The number of nitrogens with one attached hydrogen (secondary N) is 1. The number of aromatic nitrogens is 2. The number of hydrogen-bond donors (Lipinski definition) is 2. The maximum absolute atomic E-state index is 12.1. The average molecular weight is 301 g/mol. The third kappa shape index (κ3) is 4.18. The van der Waals surface area contributed by atoms with Crippen LogP contribution < -0.4 is 5.32 Å². The summed E-state index contributed by atoms with van der Waals surface area (Å²) in [4.78, 5) is 23.1. The lowest BCUT2D eigenvalue weighted by Crippen LogP contribution is -2.40. The van der Waals surface area contributed by atoms with E-state index in [1.807, 2.05) is 37.3 Å². The predicted octanol–water partition coefficient (Wildman–Crippen LogP) is 1.91. The van der Waals surface area contributed by atoms with Crippen LogP contribution in [0.2, 0.25) is 0 Å². The maximum Gasteiger partial charge on any atom is 0.326 e. The normalized spacial score (nSPS) is 11.9. The highest BCUT2D eigenvalue weighted by atomic mass is 16.4. The lowest BCUT2D eigenvalue weighted by molar-refractivity contribution is -0.139. The minimum Gasteiger partial charge on any atom is -0.480 e. The van der Waals surface area contributed by atoms with E-state index in [0.29, 0.717) is 24.9 Å². The summed E-state index contributed by atoms with van der Waals surface area (Å²) in [6, 6.07) is 8.90. The highest BCUT2D eigenvalue weighted by Gasteiger charge is 2.20. The number of aliphatic carboxylic acids is 1. The molecule has 0 aliphatic rings. The van der Waals surface area contributed by atoms with Gasteiger partial charge in [0.25, 0.3) is 5.91 Å². The third-order valence-electron chi connectivity index (χ3n) is 3.26. The lowest BCUT2D eigenvalue weighted by atomic mass is 10.1. The molecule has 116 valence electrons. The van der Waals surface area contributed by atoms with E-state index in [2.05, 4.69) is 10.4 Å². The molecule has 1 aromatic heterocycles. The van der Waals surface area contributed by atoms with Gasteiger partial charge in [-0.2, -0.15) is 5.10 Å². The number of carbonyl (C=O) groups is 2. The van der Waals surface area contributed by atoms with E-state index in [9.17, 15) is 9.59 Å². The summed E-state index contributed by atoms with van der Waals surface area (Å²) >= 11 is 0. The molecular formula is C16H19N3O3. The van der Waals surface area contributed by atoms with E-state index in [-0.39, 0.29) is 0 Å². The number of carboxylic acid groups (broad SMARTS) is 1. The minimum atomic E-state index is -1.02. The molecule has 1 atom stereocenters. The Bertz CT molecular complexity index is 637. The molecule has 2 N–H and O–H groups in total. The van der Waals surface area contributed by atoms with Gasteiger partial charge in [-0.25, -0.2) is 4.79 Å². The second kappa shape index (κ2) is 7.40. The van der Waals surface area contributed by atoms with Crippen LogP contribution in [-0.2, 0) is 11.3 Å². The van der Waals surface area contributed by atoms with Gasteiger partial charge in [-0.05, 0) is 12.0 Å². The summed E-state index contributed by atoms with van der Waals surface area (Å²) in [7, 11) is 0. The van der Waals surface area contributed by atoms with Crippen molar-refractivity contribution in [1.82, 2.24) is 15.1 Å². The lowest BCUT2D eigenvalue weighted by Gasteiger charge is -2.12. The number of carboxylic acids is 1. The molecule has 1 heterocycles. The summed E-state index contributed by atoms with van der Waals surface area (Å²) in [5, 5.41) is 15.7. The molecule has 0 bridgehead atoms. The summed E-state index contributed by atoms with van der Waals surface area (Å²) in [6.07, 6.45) is 4.15. The molecule has 0 saturated heterocycles. The Hall–Kier alpha value is -2.63. The molecule has 2 aromatic rings. The van der Waals surface area contributed by atoms with Crippen molar-refractivity contribution in [3.05, 3.63) is 53.9 Å². The average Bonchev–Trinajstić information content (AvgIpc) is 2.96. The quantitative estimate of drug-likeness (QED) is 0.818. The van der Waals surface area contributed by atoms with Crippen molar-refractivity contribution in [1.29, 1.82) is 0 Å². The molecular weight excluding hydrogens is 282 g/mol. The highest BCUT2D eigenvalue weighted by Crippen LogP contribution is 2.05. The van der Waals surface area contributed by atoms with Gasteiger partial charge in [0.15, 0.2) is 0 Å². The van der Waals surface area contributed by atoms with Crippen LogP contribution in [0.3, 0.4) is 0 Å². The molecule has 1 aromatic carbocycles. The van der Waals surface area contributed by atoms with Crippen molar-refractivity contribution in [3.8, 4) is 0 Å². The number of hydrogen-bond acceptors (Lipinski definition) is 3. The summed E-state index contributed by atoms with van der Waals surface area (Å²) in [5.41, 5.74) is 1.44. The summed E-state index contributed by atoms with van der Waals surface area (Å²) < 4.78 is 1.65. The molecule has 22 heavy (non-hydrogen) atoms. The van der Waals surface area contributed by atoms with Gasteiger partial charge in [-0.3, -0.25) is 9.48 Å². The van der Waals surface area contributed by atoms with Gasteiger partial charge in [-0.1, -0.05) is 43.7 Å². The zero-order chi connectivity index (χ0) is 15.9. The Kier molecular flexibility index (Phi) is 5.30. The number of nitrogens with zero attached hydrogens (tertiary/aromatic N) is 2. The Labute approximate surface area is 128 Å². The van der Waals surface area contributed by atoms with Crippen LogP contribution >= 0.6 is 0 Å². The molecule has 0 spiro atoms. The van der Waals surface area contributed by atoms with E-state index < -0.39 is 17.9 Å². The molecule has 1 unspecified atom stereocenters. The second-order valence-corrected chi connectivity index (χ2v) is 5.07. The smallest absolute Gasteiger partial charge is 0.326 e. The largest absolute Gasteiger partial charge is 0.480 e. The van der Waals surface area contributed by atoms with Gasteiger partial charge in [0.1, 0.15) is 6.04 Å². The molecule has 1 amide bonds. The van der Waals surface area contributed by atoms with Crippen LogP contribution in [-0.4, -0.2) is 32.8 Å². The summed E-state index contributed by atoms with van der Waals surface area (Å²) in [5.74, 6) is -1.44. The topological polar surface area (TPSA) is 84.2 Å². The Morgan fingerprint density at radius 2 is 2.05 bits per heavy atom. The monoisotopic (exact) mass is 301 g/mol. The number of amides is 1. The second-order valence-electron chi connectivity index (χ2n) is 5.07. The highest BCUT2D eigenvalue weighted by molar-refractivity contribution is 5.96.